The van der Waals surface area contributed by atoms with Crippen LogP contribution in [0, 0.1) is 5.41 Å². The summed E-state index contributed by atoms with van der Waals surface area (Å²) in [6.07, 6.45) is -1.15. The molecule has 90 valence electrons. The quantitative estimate of drug-likeness (QED) is 0.772. The minimum absolute atomic E-state index is 0.0824. The van der Waals surface area contributed by atoms with E-state index < -0.39 is 12.2 Å². The van der Waals surface area contributed by atoms with Crippen LogP contribution < -0.4 is 5.32 Å². The van der Waals surface area contributed by atoms with Crippen molar-refractivity contribution in [2.75, 3.05) is 0 Å². The summed E-state index contributed by atoms with van der Waals surface area (Å²) >= 11 is 0. The molecule has 0 aromatic rings. The first-order valence-corrected chi connectivity index (χ1v) is 5.51. The van der Waals surface area contributed by atoms with Gasteiger partial charge < -0.3 is 5.32 Å². The van der Waals surface area contributed by atoms with Gasteiger partial charge in [-0.25, -0.2) is 0 Å². The van der Waals surface area contributed by atoms with Gasteiger partial charge in [0.1, 0.15) is 6.04 Å². The van der Waals surface area contributed by atoms with Gasteiger partial charge in [-0.15, -0.1) is 0 Å². The Kier molecular flexibility index (Phi) is 3.69. The minimum atomic E-state index is -4.12. The molecule has 1 fully saturated rings. The molecule has 1 aliphatic carbocycles. The lowest BCUT2D eigenvalue weighted by atomic mass is 9.85. The Bertz CT molecular complexity index is 201. The molecule has 0 aliphatic heterocycles. The average Bonchev–Trinajstić information content (AvgIpc) is 1.89. The molecule has 0 spiro atoms. The largest absolute Gasteiger partial charge is 0.403 e. The van der Waals surface area contributed by atoms with Gasteiger partial charge in [0, 0.05) is 6.04 Å². The van der Waals surface area contributed by atoms with Crippen molar-refractivity contribution in [2.45, 2.75) is 64.7 Å². The van der Waals surface area contributed by atoms with Crippen LogP contribution in [-0.4, -0.2) is 18.3 Å². The Labute approximate surface area is 89.4 Å². The van der Waals surface area contributed by atoms with Crippen molar-refractivity contribution in [3.8, 4) is 0 Å². The van der Waals surface area contributed by atoms with Crippen molar-refractivity contribution in [1.82, 2.24) is 5.32 Å². The third-order valence-corrected chi connectivity index (χ3v) is 2.75. The van der Waals surface area contributed by atoms with E-state index in [1.807, 2.05) is 20.8 Å². The van der Waals surface area contributed by atoms with Gasteiger partial charge in [-0.05, 0) is 24.7 Å². The molecule has 4 heteroatoms. The van der Waals surface area contributed by atoms with Crippen LogP contribution in [0.3, 0.4) is 0 Å². The molecule has 0 saturated heterocycles. The first-order chi connectivity index (χ1) is 6.68. The van der Waals surface area contributed by atoms with Gasteiger partial charge in [0.15, 0.2) is 0 Å². The molecular weight excluding hydrogens is 203 g/mol. The van der Waals surface area contributed by atoms with Crippen LogP contribution in [0.1, 0.15) is 46.5 Å². The van der Waals surface area contributed by atoms with E-state index in [4.69, 9.17) is 0 Å². The second-order valence-electron chi connectivity index (χ2n) is 5.65. The van der Waals surface area contributed by atoms with Crippen LogP contribution in [0.2, 0.25) is 0 Å². The van der Waals surface area contributed by atoms with Gasteiger partial charge in [0.2, 0.25) is 0 Å². The van der Waals surface area contributed by atoms with E-state index >= 15 is 0 Å². The minimum Gasteiger partial charge on any atom is -0.303 e. The molecule has 0 radical (unpaired) electrons. The SMILES string of the molecule is CC(C)(C)CC(NC1CCC1)C(F)(F)F. The van der Waals surface area contributed by atoms with Gasteiger partial charge in [0.05, 0.1) is 0 Å². The molecule has 1 rings (SSSR count). The van der Waals surface area contributed by atoms with E-state index in [1.54, 1.807) is 0 Å². The van der Waals surface area contributed by atoms with Crippen molar-refractivity contribution >= 4 is 0 Å². The van der Waals surface area contributed by atoms with E-state index in [2.05, 4.69) is 5.32 Å². The van der Waals surface area contributed by atoms with Crippen molar-refractivity contribution in [1.29, 1.82) is 0 Å². The summed E-state index contributed by atoms with van der Waals surface area (Å²) in [5, 5.41) is 2.72. The number of hydrogen-bond donors (Lipinski definition) is 1. The highest BCUT2D eigenvalue weighted by Gasteiger charge is 2.43. The zero-order valence-electron chi connectivity index (χ0n) is 9.62. The number of alkyl halides is 3. The molecule has 15 heavy (non-hydrogen) atoms. The molecule has 0 heterocycles. The molecule has 1 nitrogen and oxygen atoms in total. The number of hydrogen-bond acceptors (Lipinski definition) is 1. The summed E-state index contributed by atoms with van der Waals surface area (Å²) in [7, 11) is 0. The molecule has 1 unspecified atom stereocenters. The number of halogens is 3. The lowest BCUT2D eigenvalue weighted by Crippen LogP contribution is -2.51. The van der Waals surface area contributed by atoms with Crippen LogP contribution in [0.5, 0.6) is 0 Å². The van der Waals surface area contributed by atoms with Gasteiger partial charge in [-0.1, -0.05) is 27.2 Å². The fourth-order valence-corrected chi connectivity index (χ4v) is 1.74. The average molecular weight is 223 g/mol. The highest BCUT2D eigenvalue weighted by Crippen LogP contribution is 2.32. The molecule has 0 amide bonds. The summed E-state index contributed by atoms with van der Waals surface area (Å²) in [5.41, 5.74) is -0.295. The Morgan fingerprint density at radius 1 is 1.20 bits per heavy atom. The van der Waals surface area contributed by atoms with E-state index in [-0.39, 0.29) is 17.9 Å². The van der Waals surface area contributed by atoms with Crippen LogP contribution in [-0.2, 0) is 0 Å². The Balaban J connectivity index is 2.52. The van der Waals surface area contributed by atoms with E-state index in [1.165, 1.54) is 0 Å². The molecule has 1 aliphatic rings. The fraction of sp³-hybridized carbons (Fsp3) is 1.00. The molecule has 0 aromatic heterocycles. The molecule has 1 saturated carbocycles. The summed E-state index contributed by atoms with van der Waals surface area (Å²) in [5.74, 6) is 0. The molecule has 1 atom stereocenters. The Hall–Kier alpha value is -0.250. The molecule has 0 bridgehead atoms. The normalized spacial score (nSPS) is 21.2. The summed E-state index contributed by atoms with van der Waals surface area (Å²) in [6, 6.07) is -1.26. The molecule has 0 aromatic carbocycles. The van der Waals surface area contributed by atoms with Crippen LogP contribution >= 0.6 is 0 Å². The highest BCUT2D eigenvalue weighted by molar-refractivity contribution is 4.87. The zero-order valence-corrected chi connectivity index (χ0v) is 9.62. The first-order valence-electron chi connectivity index (χ1n) is 5.51. The van der Waals surface area contributed by atoms with E-state index in [0.717, 1.165) is 19.3 Å². The van der Waals surface area contributed by atoms with E-state index in [0.29, 0.717) is 0 Å². The van der Waals surface area contributed by atoms with Crippen molar-refractivity contribution < 1.29 is 13.2 Å². The second-order valence-corrected chi connectivity index (χ2v) is 5.65. The van der Waals surface area contributed by atoms with Crippen molar-refractivity contribution in [2.24, 2.45) is 5.41 Å². The van der Waals surface area contributed by atoms with Gasteiger partial charge >= 0.3 is 6.18 Å². The number of rotatable bonds is 3. The van der Waals surface area contributed by atoms with Gasteiger partial charge in [-0.2, -0.15) is 13.2 Å². The maximum Gasteiger partial charge on any atom is 0.403 e. The molecular formula is C11H20F3N. The molecule has 1 N–H and O–H groups in total. The van der Waals surface area contributed by atoms with Crippen molar-refractivity contribution in [3.63, 3.8) is 0 Å². The maximum atomic E-state index is 12.7. The van der Waals surface area contributed by atoms with E-state index in [9.17, 15) is 13.2 Å². The van der Waals surface area contributed by atoms with Gasteiger partial charge in [0.25, 0.3) is 0 Å². The summed E-state index contributed by atoms with van der Waals surface area (Å²) < 4.78 is 38.1. The zero-order chi connectivity index (χ0) is 11.7. The predicted octanol–water partition coefficient (Wildman–Crippen LogP) is 3.50. The first kappa shape index (κ1) is 12.8. The van der Waals surface area contributed by atoms with Crippen LogP contribution in [0.25, 0.3) is 0 Å². The van der Waals surface area contributed by atoms with Crippen molar-refractivity contribution in [3.05, 3.63) is 0 Å². The summed E-state index contributed by atoms with van der Waals surface area (Å²) in [6.45, 7) is 5.52. The lowest BCUT2D eigenvalue weighted by Gasteiger charge is -2.35. The third-order valence-electron chi connectivity index (χ3n) is 2.75. The smallest absolute Gasteiger partial charge is 0.303 e. The number of nitrogens with one attached hydrogen (secondary N) is 1. The highest BCUT2D eigenvalue weighted by atomic mass is 19.4. The Morgan fingerprint density at radius 3 is 2.00 bits per heavy atom. The maximum absolute atomic E-state index is 12.7. The van der Waals surface area contributed by atoms with Crippen LogP contribution in [0.4, 0.5) is 13.2 Å². The predicted molar refractivity (Wildman–Crippen MR) is 54.7 cm³/mol. The fourth-order valence-electron chi connectivity index (χ4n) is 1.74. The second kappa shape index (κ2) is 4.32. The topological polar surface area (TPSA) is 12.0 Å². The monoisotopic (exact) mass is 223 g/mol. The Morgan fingerprint density at radius 2 is 1.73 bits per heavy atom. The van der Waals surface area contributed by atoms with Gasteiger partial charge in [-0.3, -0.25) is 0 Å². The third kappa shape index (κ3) is 4.41. The lowest BCUT2D eigenvalue weighted by molar-refractivity contribution is -0.165. The standard InChI is InChI=1S/C11H20F3N/c1-10(2,3)7-9(11(12,13)14)15-8-5-4-6-8/h8-9,15H,4-7H2,1-3H3. The summed E-state index contributed by atoms with van der Waals surface area (Å²) in [4.78, 5) is 0. The van der Waals surface area contributed by atoms with Crippen LogP contribution in [0.15, 0.2) is 0 Å².